The second-order valence-corrected chi connectivity index (χ2v) is 11.0. The van der Waals surface area contributed by atoms with Gasteiger partial charge in [-0.2, -0.15) is 0 Å². The Morgan fingerprint density at radius 1 is 1.08 bits per heavy atom. The number of aromatic hydroxyl groups is 1. The van der Waals surface area contributed by atoms with Crippen molar-refractivity contribution >= 4 is 11.9 Å². The van der Waals surface area contributed by atoms with Crippen LogP contribution in [0.5, 0.6) is 5.75 Å². The van der Waals surface area contributed by atoms with Crippen molar-refractivity contribution in [3.8, 4) is 5.75 Å². The minimum Gasteiger partial charge on any atom is -0.508 e. The first-order chi connectivity index (χ1) is 17.2. The van der Waals surface area contributed by atoms with Gasteiger partial charge in [-0.3, -0.25) is 9.59 Å². The summed E-state index contributed by atoms with van der Waals surface area (Å²) in [6.07, 6.45) is 2.85. The van der Waals surface area contributed by atoms with E-state index in [1.54, 1.807) is 12.1 Å². The second-order valence-electron chi connectivity index (χ2n) is 11.0. The molecule has 4 heterocycles. The highest BCUT2D eigenvalue weighted by Gasteiger charge is 2.69. The Bertz CT molecular complexity index is 969. The van der Waals surface area contributed by atoms with Crippen LogP contribution in [0, 0.1) is 23.7 Å². The molecule has 6 rings (SSSR count). The van der Waals surface area contributed by atoms with Crippen LogP contribution < -0.4 is 5.32 Å². The summed E-state index contributed by atoms with van der Waals surface area (Å²) >= 11 is 0. The Kier molecular flexibility index (Phi) is 7.02. The largest absolute Gasteiger partial charge is 0.508 e. The zero-order valence-electron chi connectivity index (χ0n) is 21.2. The zero-order chi connectivity index (χ0) is 25.5. The lowest BCUT2D eigenvalue weighted by Crippen LogP contribution is -2.70. The van der Waals surface area contributed by atoms with E-state index in [-0.39, 0.29) is 42.3 Å². The number of carbonyl (C=O) groups is 2. The minimum atomic E-state index is -0.884. The number of rotatable bonds is 7. The van der Waals surface area contributed by atoms with Crippen molar-refractivity contribution in [2.75, 3.05) is 6.54 Å². The van der Waals surface area contributed by atoms with Crippen LogP contribution in [0.4, 0.5) is 0 Å². The van der Waals surface area contributed by atoms with Crippen molar-refractivity contribution in [3.63, 3.8) is 0 Å². The first-order valence-electron chi connectivity index (χ1n) is 13.1. The van der Waals surface area contributed by atoms with Crippen LogP contribution >= 0.6 is 0 Å². The van der Waals surface area contributed by atoms with Crippen molar-refractivity contribution in [2.45, 2.75) is 89.7 Å². The monoisotopic (exact) mass is 503 g/mol. The van der Waals surface area contributed by atoms with Crippen molar-refractivity contribution in [2.24, 2.45) is 23.7 Å². The number of fused-ring (bicyclic) bond motifs is 2. The molecule has 9 heteroatoms. The fraction of sp³-hybridized carbons (Fsp3) is 0.704. The third kappa shape index (κ3) is 4.74. The van der Waals surface area contributed by atoms with Crippen LogP contribution in [0.3, 0.4) is 0 Å². The molecule has 36 heavy (non-hydrogen) atoms. The van der Waals surface area contributed by atoms with Gasteiger partial charge >= 0.3 is 5.97 Å². The van der Waals surface area contributed by atoms with E-state index in [1.807, 2.05) is 26.0 Å². The van der Waals surface area contributed by atoms with Gasteiger partial charge in [0.2, 0.25) is 18.0 Å². The van der Waals surface area contributed by atoms with Crippen LogP contribution in [0.2, 0.25) is 0 Å². The predicted molar refractivity (Wildman–Crippen MR) is 127 cm³/mol. The first-order valence-corrected chi connectivity index (χ1v) is 13.1. The fourth-order valence-corrected chi connectivity index (χ4v) is 6.51. The van der Waals surface area contributed by atoms with Crippen molar-refractivity contribution in [3.05, 3.63) is 29.8 Å². The van der Waals surface area contributed by atoms with E-state index in [0.717, 1.165) is 31.2 Å². The highest BCUT2D eigenvalue weighted by Crippen LogP contribution is 2.60. The molecule has 5 aliphatic rings. The third-order valence-corrected chi connectivity index (χ3v) is 8.57. The molecular weight excluding hydrogens is 466 g/mol. The number of nitrogens with one attached hydrogen (secondary N) is 1. The SMILES string of the molecule is C[C@H]1[C@H](OC(=O)CCC(=O)NCCc2ccc(O)cc2)O[C@H]2O[C@]3(C)CC[C@H]4[C@@H](C)CC[C@H]1[C@@]24OO3. The normalized spacial score (nSPS) is 39.1. The maximum absolute atomic E-state index is 12.7. The van der Waals surface area contributed by atoms with E-state index in [1.165, 1.54) is 0 Å². The molecule has 1 spiro atoms. The smallest absolute Gasteiger partial charge is 0.308 e. The lowest BCUT2D eigenvalue weighted by molar-refractivity contribution is -0.576. The number of ether oxygens (including phenoxy) is 3. The van der Waals surface area contributed by atoms with Crippen molar-refractivity contribution in [1.29, 1.82) is 0 Å². The maximum Gasteiger partial charge on any atom is 0.308 e. The highest BCUT2D eigenvalue weighted by molar-refractivity contribution is 5.81. The molecule has 0 unspecified atom stereocenters. The summed E-state index contributed by atoms with van der Waals surface area (Å²) in [7, 11) is 0. The quantitative estimate of drug-likeness (QED) is 0.429. The number of phenolic OH excluding ortho intramolecular Hbond substituents is 1. The van der Waals surface area contributed by atoms with Gasteiger partial charge in [-0.1, -0.05) is 26.0 Å². The number of phenols is 1. The summed E-state index contributed by atoms with van der Waals surface area (Å²) in [4.78, 5) is 36.8. The molecule has 4 saturated heterocycles. The zero-order valence-corrected chi connectivity index (χ0v) is 21.2. The lowest BCUT2D eigenvalue weighted by atomic mass is 9.58. The van der Waals surface area contributed by atoms with Gasteiger partial charge in [0, 0.05) is 31.2 Å². The average Bonchev–Trinajstić information content (AvgIpc) is 3.08. The van der Waals surface area contributed by atoms with E-state index in [0.29, 0.717) is 18.9 Å². The molecule has 4 aliphatic heterocycles. The topological polar surface area (TPSA) is 113 Å². The van der Waals surface area contributed by atoms with Gasteiger partial charge in [-0.25, -0.2) is 9.78 Å². The van der Waals surface area contributed by atoms with Gasteiger partial charge in [-0.05, 0) is 62.1 Å². The molecule has 2 N–H and O–H groups in total. The fourth-order valence-electron chi connectivity index (χ4n) is 6.51. The van der Waals surface area contributed by atoms with E-state index in [2.05, 4.69) is 12.2 Å². The molecule has 198 valence electrons. The first kappa shape index (κ1) is 25.4. The van der Waals surface area contributed by atoms with E-state index in [9.17, 15) is 14.7 Å². The minimum absolute atomic E-state index is 0.0318. The molecule has 8 atom stereocenters. The maximum atomic E-state index is 12.7. The summed E-state index contributed by atoms with van der Waals surface area (Å²) in [6.45, 7) is 6.59. The van der Waals surface area contributed by atoms with Crippen LogP contribution in [0.25, 0.3) is 0 Å². The van der Waals surface area contributed by atoms with Gasteiger partial charge in [-0.15, -0.1) is 0 Å². The summed E-state index contributed by atoms with van der Waals surface area (Å²) in [5, 5.41) is 12.2. The van der Waals surface area contributed by atoms with Crippen molar-refractivity contribution < 1.29 is 38.7 Å². The summed E-state index contributed by atoms with van der Waals surface area (Å²) in [5.41, 5.74) is 0.304. The van der Waals surface area contributed by atoms with Gasteiger partial charge in [0.1, 0.15) is 5.75 Å². The molecule has 1 saturated carbocycles. The second kappa shape index (κ2) is 9.93. The molecule has 1 aliphatic carbocycles. The molecule has 1 amide bonds. The van der Waals surface area contributed by atoms with Crippen LogP contribution in [0.15, 0.2) is 24.3 Å². The van der Waals surface area contributed by atoms with E-state index in [4.69, 9.17) is 24.0 Å². The predicted octanol–water partition coefficient (Wildman–Crippen LogP) is 3.58. The average molecular weight is 504 g/mol. The number of hydrogen-bond donors (Lipinski definition) is 2. The third-order valence-electron chi connectivity index (χ3n) is 8.57. The van der Waals surface area contributed by atoms with Gasteiger partial charge in [0.05, 0.1) is 6.42 Å². The molecule has 5 fully saturated rings. The van der Waals surface area contributed by atoms with E-state index < -0.39 is 29.9 Å². The Morgan fingerprint density at radius 3 is 2.64 bits per heavy atom. The summed E-state index contributed by atoms with van der Waals surface area (Å²) in [5.74, 6) is -0.693. The molecular formula is C27H37NO8. The van der Waals surface area contributed by atoms with Crippen molar-refractivity contribution in [1.82, 2.24) is 5.32 Å². The molecule has 1 aromatic rings. The molecule has 1 aromatic carbocycles. The van der Waals surface area contributed by atoms with Crippen LogP contribution in [-0.4, -0.2) is 47.5 Å². The van der Waals surface area contributed by atoms with E-state index >= 15 is 0 Å². The Balaban J connectivity index is 1.15. The number of benzene rings is 1. The number of carbonyl (C=O) groups excluding carboxylic acids is 2. The number of hydrogen-bond acceptors (Lipinski definition) is 8. The Labute approximate surface area is 211 Å². The summed E-state index contributed by atoms with van der Waals surface area (Å²) < 4.78 is 18.3. The number of esters is 1. The molecule has 0 aromatic heterocycles. The number of amides is 1. The molecule has 9 nitrogen and oxygen atoms in total. The Hall–Kier alpha value is -2.20. The summed E-state index contributed by atoms with van der Waals surface area (Å²) in [6, 6.07) is 6.85. The van der Waals surface area contributed by atoms with Gasteiger partial charge in [0.25, 0.3) is 0 Å². The van der Waals surface area contributed by atoms with Gasteiger partial charge in [0.15, 0.2) is 11.9 Å². The molecule has 2 bridgehead atoms. The highest BCUT2D eigenvalue weighted by atomic mass is 17.3. The standard InChI is InChI=1S/C27H37NO8/c1-16-4-9-21-17(2)24(33-25-27(21)20(16)12-14-26(3,34-25)35-36-27)32-23(31)11-10-22(30)28-15-13-18-5-7-19(29)8-6-18/h5-8,16-17,20-21,24-25,29H,4,9-15H2,1-3H3,(H,28,30)/t16-,17+,20-,21+,24+,25-,26-,27+/m0/s1. The van der Waals surface area contributed by atoms with Crippen LogP contribution in [0.1, 0.15) is 64.9 Å². The molecule has 0 radical (unpaired) electrons. The van der Waals surface area contributed by atoms with Crippen LogP contribution in [-0.2, 0) is 40.0 Å². The van der Waals surface area contributed by atoms with Gasteiger partial charge < -0.3 is 24.6 Å². The Morgan fingerprint density at radius 2 is 1.86 bits per heavy atom. The lowest BCUT2D eigenvalue weighted by Gasteiger charge is -2.59.